The van der Waals surface area contributed by atoms with Crippen molar-refractivity contribution in [2.75, 3.05) is 7.11 Å². The highest BCUT2D eigenvalue weighted by Gasteiger charge is 2.63. The van der Waals surface area contributed by atoms with Crippen molar-refractivity contribution < 1.29 is 14.6 Å². The fourth-order valence-corrected chi connectivity index (χ4v) is 2.35. The van der Waals surface area contributed by atoms with Gasteiger partial charge in [-0.2, -0.15) is 0 Å². The van der Waals surface area contributed by atoms with Crippen molar-refractivity contribution in [3.05, 3.63) is 24.0 Å². The molecule has 86 valence electrons. The van der Waals surface area contributed by atoms with Gasteiger partial charge in [0.05, 0.1) is 19.2 Å². The van der Waals surface area contributed by atoms with E-state index in [2.05, 4.69) is 4.98 Å². The Morgan fingerprint density at radius 2 is 2.19 bits per heavy atom. The monoisotopic (exact) mass is 221 g/mol. The lowest BCUT2D eigenvalue weighted by atomic mass is 10.1. The van der Waals surface area contributed by atoms with Gasteiger partial charge in [-0.3, -0.25) is 9.78 Å². The number of carboxylic acids is 1. The van der Waals surface area contributed by atoms with Gasteiger partial charge in [-0.25, -0.2) is 0 Å². The molecule has 1 aliphatic carbocycles. The van der Waals surface area contributed by atoms with Gasteiger partial charge >= 0.3 is 5.97 Å². The van der Waals surface area contributed by atoms with Crippen molar-refractivity contribution in [2.24, 2.45) is 11.3 Å². The van der Waals surface area contributed by atoms with Gasteiger partial charge in [0.25, 0.3) is 0 Å². The van der Waals surface area contributed by atoms with Crippen LogP contribution in [-0.2, 0) is 4.79 Å². The Morgan fingerprint density at radius 3 is 2.56 bits per heavy atom. The molecule has 2 atom stereocenters. The normalized spacial score (nSPS) is 26.2. The topological polar surface area (TPSA) is 59.4 Å². The fraction of sp³-hybridized carbons (Fsp3) is 0.500. The molecule has 1 aliphatic rings. The number of nitrogens with zero attached hydrogens (tertiary/aromatic N) is 1. The van der Waals surface area contributed by atoms with Crippen molar-refractivity contribution in [2.45, 2.75) is 19.8 Å². The molecule has 0 aromatic carbocycles. The first-order valence-corrected chi connectivity index (χ1v) is 5.21. The molecule has 16 heavy (non-hydrogen) atoms. The Bertz CT molecular complexity index is 411. The minimum absolute atomic E-state index is 0.0101. The van der Waals surface area contributed by atoms with Crippen LogP contribution >= 0.6 is 0 Å². The molecule has 0 saturated heterocycles. The van der Waals surface area contributed by atoms with E-state index in [-0.39, 0.29) is 17.3 Å². The summed E-state index contributed by atoms with van der Waals surface area (Å²) in [6, 6.07) is 3.66. The van der Waals surface area contributed by atoms with Crippen LogP contribution in [0.25, 0.3) is 0 Å². The first-order chi connectivity index (χ1) is 7.48. The van der Waals surface area contributed by atoms with E-state index in [1.807, 2.05) is 26.0 Å². The van der Waals surface area contributed by atoms with Gasteiger partial charge in [-0.15, -0.1) is 0 Å². The summed E-state index contributed by atoms with van der Waals surface area (Å²) in [5.74, 6) is -0.369. The molecule has 4 nitrogen and oxygen atoms in total. The van der Waals surface area contributed by atoms with Crippen LogP contribution in [0.15, 0.2) is 18.3 Å². The average Bonchev–Trinajstić information content (AvgIpc) is 2.82. The summed E-state index contributed by atoms with van der Waals surface area (Å²) in [7, 11) is 1.58. The molecule has 1 aromatic rings. The van der Waals surface area contributed by atoms with E-state index in [4.69, 9.17) is 9.84 Å². The van der Waals surface area contributed by atoms with Crippen LogP contribution in [0.3, 0.4) is 0 Å². The first kappa shape index (κ1) is 10.9. The smallest absolute Gasteiger partial charge is 0.307 e. The van der Waals surface area contributed by atoms with E-state index >= 15 is 0 Å². The van der Waals surface area contributed by atoms with Crippen LogP contribution < -0.4 is 4.74 Å². The molecule has 0 amide bonds. The molecule has 1 aromatic heterocycles. The number of rotatable bonds is 3. The third-order valence-corrected chi connectivity index (χ3v) is 3.41. The largest absolute Gasteiger partial charge is 0.495 e. The van der Waals surface area contributed by atoms with E-state index < -0.39 is 5.97 Å². The van der Waals surface area contributed by atoms with Crippen LogP contribution in [-0.4, -0.2) is 23.2 Å². The van der Waals surface area contributed by atoms with Gasteiger partial charge in [0.15, 0.2) is 0 Å². The molecule has 4 heteroatoms. The van der Waals surface area contributed by atoms with Crippen LogP contribution in [0, 0.1) is 11.3 Å². The van der Waals surface area contributed by atoms with Gasteiger partial charge < -0.3 is 9.84 Å². The van der Waals surface area contributed by atoms with Gasteiger partial charge in [-0.1, -0.05) is 13.8 Å². The fourth-order valence-electron chi connectivity index (χ4n) is 2.35. The lowest BCUT2D eigenvalue weighted by Crippen LogP contribution is -2.03. The number of hydrogen-bond donors (Lipinski definition) is 1. The number of aliphatic carboxylic acids is 1. The first-order valence-electron chi connectivity index (χ1n) is 5.21. The molecule has 0 spiro atoms. The zero-order valence-electron chi connectivity index (χ0n) is 9.60. The average molecular weight is 221 g/mol. The van der Waals surface area contributed by atoms with E-state index in [1.165, 1.54) is 0 Å². The Hall–Kier alpha value is -1.58. The summed E-state index contributed by atoms with van der Waals surface area (Å²) < 4.78 is 5.02. The predicted molar refractivity (Wildman–Crippen MR) is 58.4 cm³/mol. The second kappa shape index (κ2) is 3.47. The number of ether oxygens (including phenoxy) is 1. The van der Waals surface area contributed by atoms with Crippen LogP contribution in [0.5, 0.6) is 5.75 Å². The summed E-state index contributed by atoms with van der Waals surface area (Å²) in [6.45, 7) is 3.92. The summed E-state index contributed by atoms with van der Waals surface area (Å²) >= 11 is 0. The Kier molecular flexibility index (Phi) is 2.37. The molecule has 0 bridgehead atoms. The Morgan fingerprint density at radius 1 is 1.50 bits per heavy atom. The maximum Gasteiger partial charge on any atom is 0.307 e. The molecule has 1 saturated carbocycles. The van der Waals surface area contributed by atoms with Gasteiger partial charge in [-0.05, 0) is 17.5 Å². The minimum atomic E-state index is -0.743. The van der Waals surface area contributed by atoms with E-state index in [0.717, 1.165) is 5.69 Å². The standard InChI is InChI=1S/C12H15NO3/c1-12(2)9(10(12)11(14)15)8-5-4-7(16-3)6-13-8/h4-6,9-10H,1-3H3,(H,14,15). The maximum atomic E-state index is 11.0. The molecule has 0 radical (unpaired) electrons. The highest BCUT2D eigenvalue weighted by Crippen LogP contribution is 2.63. The predicted octanol–water partition coefficient (Wildman–Crippen LogP) is 1.91. The van der Waals surface area contributed by atoms with Crippen molar-refractivity contribution in [3.8, 4) is 5.75 Å². The summed E-state index contributed by atoms with van der Waals surface area (Å²) in [5, 5.41) is 9.07. The van der Waals surface area contributed by atoms with Gasteiger partial charge in [0.2, 0.25) is 0 Å². The zero-order chi connectivity index (χ0) is 11.9. The highest BCUT2D eigenvalue weighted by molar-refractivity contribution is 5.77. The Labute approximate surface area is 94.3 Å². The zero-order valence-corrected chi connectivity index (χ0v) is 9.60. The number of hydrogen-bond acceptors (Lipinski definition) is 3. The van der Waals surface area contributed by atoms with E-state index in [1.54, 1.807) is 13.3 Å². The van der Waals surface area contributed by atoms with Gasteiger partial charge in [0.1, 0.15) is 5.75 Å². The number of carbonyl (C=O) groups is 1. The summed E-state index contributed by atoms with van der Waals surface area (Å²) in [5.41, 5.74) is 0.631. The van der Waals surface area contributed by atoms with Crippen LogP contribution in [0.2, 0.25) is 0 Å². The highest BCUT2D eigenvalue weighted by atomic mass is 16.5. The maximum absolute atomic E-state index is 11.0. The number of aromatic nitrogens is 1. The summed E-state index contributed by atoms with van der Waals surface area (Å²) in [6.07, 6.45) is 1.63. The molecular weight excluding hydrogens is 206 g/mol. The van der Waals surface area contributed by atoms with E-state index in [0.29, 0.717) is 5.75 Å². The number of carboxylic acid groups (broad SMARTS) is 1. The van der Waals surface area contributed by atoms with Crippen molar-refractivity contribution in [1.29, 1.82) is 0 Å². The van der Waals surface area contributed by atoms with Gasteiger partial charge in [0, 0.05) is 11.6 Å². The van der Waals surface area contributed by atoms with Crippen LogP contribution in [0.4, 0.5) is 0 Å². The summed E-state index contributed by atoms with van der Waals surface area (Å²) in [4.78, 5) is 15.3. The van der Waals surface area contributed by atoms with E-state index in [9.17, 15) is 4.79 Å². The Balaban J connectivity index is 2.23. The number of methoxy groups -OCH3 is 1. The molecule has 0 aliphatic heterocycles. The molecule has 1 heterocycles. The van der Waals surface area contributed by atoms with Crippen molar-refractivity contribution >= 4 is 5.97 Å². The minimum Gasteiger partial charge on any atom is -0.495 e. The lowest BCUT2D eigenvalue weighted by Gasteiger charge is -2.03. The SMILES string of the molecule is COc1ccc(C2C(C(=O)O)C2(C)C)nc1. The molecule has 1 N–H and O–H groups in total. The molecular formula is C12H15NO3. The second-order valence-electron chi connectivity index (χ2n) is 4.74. The molecule has 2 unspecified atom stereocenters. The second-order valence-corrected chi connectivity index (χ2v) is 4.74. The molecule has 1 fully saturated rings. The third kappa shape index (κ3) is 1.54. The van der Waals surface area contributed by atoms with Crippen LogP contribution in [0.1, 0.15) is 25.5 Å². The third-order valence-electron chi connectivity index (χ3n) is 3.41. The van der Waals surface area contributed by atoms with Crippen molar-refractivity contribution in [3.63, 3.8) is 0 Å². The van der Waals surface area contributed by atoms with Crippen molar-refractivity contribution in [1.82, 2.24) is 4.98 Å². The number of pyridine rings is 1. The molecule has 2 rings (SSSR count). The quantitative estimate of drug-likeness (QED) is 0.847. The lowest BCUT2D eigenvalue weighted by molar-refractivity contribution is -0.139.